The molecule has 0 unspecified atom stereocenters. The van der Waals surface area contributed by atoms with E-state index in [1.54, 1.807) is 23.1 Å². The first-order valence-corrected chi connectivity index (χ1v) is 9.10. The van der Waals surface area contributed by atoms with Gasteiger partial charge in [-0.2, -0.15) is 0 Å². The predicted molar refractivity (Wildman–Crippen MR) is 98.1 cm³/mol. The molecule has 0 aliphatic carbocycles. The minimum absolute atomic E-state index is 0.0554. The average Bonchev–Trinajstić information content (AvgIpc) is 2.69. The Morgan fingerprint density at radius 2 is 1.67 bits per heavy atom. The van der Waals surface area contributed by atoms with Crippen molar-refractivity contribution in [3.05, 3.63) is 71.3 Å². The van der Waals surface area contributed by atoms with Gasteiger partial charge in [-0.25, -0.2) is 8.78 Å². The second-order valence-electron chi connectivity index (χ2n) is 6.71. The molecule has 0 atom stereocenters. The highest BCUT2D eigenvalue weighted by molar-refractivity contribution is 5.94. The highest BCUT2D eigenvalue weighted by atomic mass is 19.1. The first-order valence-electron chi connectivity index (χ1n) is 9.10. The maximum Gasteiger partial charge on any atom is 0.253 e. The minimum atomic E-state index is -0.377. The van der Waals surface area contributed by atoms with Crippen molar-refractivity contribution in [3.8, 4) is 0 Å². The number of amides is 2. The molecule has 2 amide bonds. The Hall–Kier alpha value is -2.76. The fourth-order valence-electron chi connectivity index (χ4n) is 3.29. The van der Waals surface area contributed by atoms with Gasteiger partial charge in [0.25, 0.3) is 5.91 Å². The van der Waals surface area contributed by atoms with Crippen LogP contribution < -0.4 is 5.32 Å². The van der Waals surface area contributed by atoms with E-state index in [1.807, 2.05) is 0 Å². The second-order valence-corrected chi connectivity index (χ2v) is 6.71. The lowest BCUT2D eigenvalue weighted by Gasteiger charge is -2.31. The molecule has 1 heterocycles. The van der Waals surface area contributed by atoms with E-state index in [9.17, 15) is 18.4 Å². The molecule has 0 radical (unpaired) electrons. The molecule has 142 valence electrons. The van der Waals surface area contributed by atoms with Gasteiger partial charge in [0.1, 0.15) is 11.6 Å². The summed E-state index contributed by atoms with van der Waals surface area (Å²) in [7, 11) is 0. The number of carbonyl (C=O) groups is 2. The van der Waals surface area contributed by atoms with Gasteiger partial charge < -0.3 is 10.2 Å². The summed E-state index contributed by atoms with van der Waals surface area (Å²) in [6, 6.07) is 12.0. The molecule has 1 aliphatic rings. The fraction of sp³-hybridized carbons (Fsp3) is 0.333. The van der Waals surface area contributed by atoms with E-state index in [0.29, 0.717) is 50.0 Å². The van der Waals surface area contributed by atoms with Crippen LogP contribution in [0.5, 0.6) is 0 Å². The number of piperidine rings is 1. The molecule has 0 bridgehead atoms. The number of benzene rings is 2. The maximum atomic E-state index is 13.6. The van der Waals surface area contributed by atoms with Crippen LogP contribution in [0.3, 0.4) is 0 Å². The van der Waals surface area contributed by atoms with Crippen LogP contribution in [0, 0.1) is 17.6 Å². The molecule has 0 spiro atoms. The zero-order valence-corrected chi connectivity index (χ0v) is 15.0. The van der Waals surface area contributed by atoms with Gasteiger partial charge in [-0.05, 0) is 55.2 Å². The lowest BCUT2D eigenvalue weighted by molar-refractivity contribution is -0.126. The number of nitrogens with zero attached hydrogens (tertiary/aromatic N) is 1. The number of hydrogen-bond acceptors (Lipinski definition) is 2. The summed E-state index contributed by atoms with van der Waals surface area (Å²) < 4.78 is 26.6. The molecule has 6 heteroatoms. The highest BCUT2D eigenvalue weighted by Gasteiger charge is 2.27. The van der Waals surface area contributed by atoms with Crippen molar-refractivity contribution in [2.75, 3.05) is 19.6 Å². The molecule has 27 heavy (non-hydrogen) atoms. The number of nitrogens with one attached hydrogen (secondary N) is 1. The SMILES string of the molecule is O=C(NCCc1ccccc1F)C1CCN(C(=O)c2ccc(F)cc2)CC1. The van der Waals surface area contributed by atoms with Crippen molar-refractivity contribution in [2.45, 2.75) is 19.3 Å². The average molecular weight is 372 g/mol. The van der Waals surface area contributed by atoms with Gasteiger partial charge in [0.15, 0.2) is 0 Å². The van der Waals surface area contributed by atoms with Crippen molar-refractivity contribution in [1.82, 2.24) is 10.2 Å². The molecule has 1 aliphatic heterocycles. The molecule has 0 aromatic heterocycles. The molecule has 1 saturated heterocycles. The molecule has 3 rings (SSSR count). The lowest BCUT2D eigenvalue weighted by Crippen LogP contribution is -2.43. The van der Waals surface area contributed by atoms with Crippen molar-refractivity contribution in [2.24, 2.45) is 5.92 Å². The Balaban J connectivity index is 1.44. The van der Waals surface area contributed by atoms with Crippen molar-refractivity contribution in [3.63, 3.8) is 0 Å². The Bertz CT molecular complexity index is 800. The van der Waals surface area contributed by atoms with Gasteiger partial charge in [-0.3, -0.25) is 9.59 Å². The standard InChI is InChI=1S/C21H22F2N2O2/c22-18-7-5-17(6-8-18)21(27)25-13-10-16(11-14-25)20(26)24-12-9-15-3-1-2-4-19(15)23/h1-8,16H,9-14H2,(H,24,26). The minimum Gasteiger partial charge on any atom is -0.356 e. The molecular formula is C21H22F2N2O2. The third-order valence-corrected chi connectivity index (χ3v) is 4.90. The van der Waals surface area contributed by atoms with E-state index in [4.69, 9.17) is 0 Å². The Kier molecular flexibility index (Phi) is 6.16. The van der Waals surface area contributed by atoms with Gasteiger partial charge >= 0.3 is 0 Å². The lowest BCUT2D eigenvalue weighted by atomic mass is 9.95. The van der Waals surface area contributed by atoms with Gasteiger partial charge in [0.05, 0.1) is 0 Å². The largest absolute Gasteiger partial charge is 0.356 e. The van der Waals surface area contributed by atoms with E-state index in [1.165, 1.54) is 30.3 Å². The van der Waals surface area contributed by atoms with Crippen LogP contribution >= 0.6 is 0 Å². The molecular weight excluding hydrogens is 350 g/mol. The topological polar surface area (TPSA) is 49.4 Å². The summed E-state index contributed by atoms with van der Waals surface area (Å²) in [6.07, 6.45) is 1.61. The van der Waals surface area contributed by atoms with E-state index in [2.05, 4.69) is 5.32 Å². The first kappa shape index (κ1) is 19.0. The van der Waals surface area contributed by atoms with Crippen molar-refractivity contribution < 1.29 is 18.4 Å². The number of likely N-dealkylation sites (tertiary alicyclic amines) is 1. The third kappa shape index (κ3) is 4.90. The summed E-state index contributed by atoms with van der Waals surface area (Å²) in [4.78, 5) is 26.4. The molecule has 0 saturated carbocycles. The molecule has 1 fully saturated rings. The summed E-state index contributed by atoms with van der Waals surface area (Å²) in [5, 5.41) is 2.86. The van der Waals surface area contributed by atoms with Crippen LogP contribution in [0.25, 0.3) is 0 Å². The summed E-state index contributed by atoms with van der Waals surface area (Å²) in [5.74, 6) is -0.992. The summed E-state index contributed by atoms with van der Waals surface area (Å²) >= 11 is 0. The fourth-order valence-corrected chi connectivity index (χ4v) is 3.29. The van der Waals surface area contributed by atoms with Crippen LogP contribution in [0.4, 0.5) is 8.78 Å². The van der Waals surface area contributed by atoms with E-state index < -0.39 is 0 Å². The Morgan fingerprint density at radius 1 is 1.00 bits per heavy atom. The molecule has 2 aromatic carbocycles. The third-order valence-electron chi connectivity index (χ3n) is 4.90. The van der Waals surface area contributed by atoms with Gasteiger partial charge in [-0.15, -0.1) is 0 Å². The van der Waals surface area contributed by atoms with Gasteiger partial charge in [-0.1, -0.05) is 18.2 Å². The molecule has 1 N–H and O–H groups in total. The maximum absolute atomic E-state index is 13.6. The van der Waals surface area contributed by atoms with Crippen LogP contribution in [-0.4, -0.2) is 36.3 Å². The van der Waals surface area contributed by atoms with Crippen LogP contribution in [0.1, 0.15) is 28.8 Å². The van der Waals surface area contributed by atoms with Crippen LogP contribution in [0.2, 0.25) is 0 Å². The van der Waals surface area contributed by atoms with Crippen molar-refractivity contribution >= 4 is 11.8 Å². The first-order chi connectivity index (χ1) is 13.0. The monoisotopic (exact) mass is 372 g/mol. The highest BCUT2D eigenvalue weighted by Crippen LogP contribution is 2.19. The van der Waals surface area contributed by atoms with Crippen molar-refractivity contribution in [1.29, 1.82) is 0 Å². The normalized spacial score (nSPS) is 14.8. The predicted octanol–water partition coefficient (Wildman–Crippen LogP) is 3.18. The number of rotatable bonds is 5. The summed E-state index contributed by atoms with van der Waals surface area (Å²) in [6.45, 7) is 1.36. The second kappa shape index (κ2) is 8.75. The summed E-state index contributed by atoms with van der Waals surface area (Å²) in [5.41, 5.74) is 1.03. The zero-order chi connectivity index (χ0) is 19.2. The van der Waals surface area contributed by atoms with Gasteiger partial charge in [0.2, 0.25) is 5.91 Å². The quantitative estimate of drug-likeness (QED) is 0.876. The Morgan fingerprint density at radius 3 is 2.33 bits per heavy atom. The van der Waals surface area contributed by atoms with Gasteiger partial charge in [0, 0.05) is 31.1 Å². The smallest absolute Gasteiger partial charge is 0.253 e. The van der Waals surface area contributed by atoms with E-state index in [0.717, 1.165) is 0 Å². The van der Waals surface area contributed by atoms with Crippen LogP contribution in [0.15, 0.2) is 48.5 Å². The van der Waals surface area contributed by atoms with E-state index in [-0.39, 0.29) is 29.4 Å². The molecule has 2 aromatic rings. The zero-order valence-electron chi connectivity index (χ0n) is 15.0. The Labute approximate surface area is 157 Å². The number of carbonyl (C=O) groups excluding carboxylic acids is 2. The van der Waals surface area contributed by atoms with Crippen LogP contribution in [-0.2, 0) is 11.2 Å². The number of hydrogen-bond donors (Lipinski definition) is 1. The number of halogens is 2. The molecule has 4 nitrogen and oxygen atoms in total. The van der Waals surface area contributed by atoms with E-state index >= 15 is 0 Å².